The standard InChI is InChI=1S/C18H12O4/c19-11-3-6-14-4-1-2-5-15(14)9-7-13-8-10-17(20)16(12-13)18(21)22/h1-2,4-5,8,10,12,19-20H,11H2,(H,21,22). The Kier molecular flexibility index (Phi) is 4.82. The summed E-state index contributed by atoms with van der Waals surface area (Å²) in [7, 11) is 0. The minimum atomic E-state index is -1.21. The van der Waals surface area contributed by atoms with Crippen LogP contribution in [-0.4, -0.2) is 27.9 Å². The molecule has 0 aliphatic rings. The van der Waals surface area contributed by atoms with Gasteiger partial charge in [0.1, 0.15) is 17.9 Å². The van der Waals surface area contributed by atoms with Gasteiger partial charge in [-0.3, -0.25) is 0 Å². The van der Waals surface area contributed by atoms with Crippen molar-refractivity contribution in [3.63, 3.8) is 0 Å². The zero-order valence-corrected chi connectivity index (χ0v) is 11.5. The van der Waals surface area contributed by atoms with Gasteiger partial charge >= 0.3 is 5.97 Å². The average Bonchev–Trinajstić information content (AvgIpc) is 2.52. The van der Waals surface area contributed by atoms with Crippen molar-refractivity contribution in [3.8, 4) is 29.4 Å². The van der Waals surface area contributed by atoms with Gasteiger partial charge < -0.3 is 15.3 Å². The SMILES string of the molecule is O=C(O)c1cc(C#Cc2ccccc2C#CCO)ccc1O. The molecule has 0 aliphatic heterocycles. The second kappa shape index (κ2) is 6.99. The van der Waals surface area contributed by atoms with Gasteiger partial charge in [-0.05, 0) is 30.3 Å². The number of aromatic carboxylic acids is 1. The number of hydrogen-bond acceptors (Lipinski definition) is 3. The molecule has 0 saturated heterocycles. The Morgan fingerprint density at radius 1 is 1.00 bits per heavy atom. The van der Waals surface area contributed by atoms with Crippen LogP contribution < -0.4 is 0 Å². The van der Waals surface area contributed by atoms with Crippen LogP contribution in [0.2, 0.25) is 0 Å². The summed E-state index contributed by atoms with van der Waals surface area (Å²) in [5.74, 6) is 9.61. The Morgan fingerprint density at radius 3 is 2.32 bits per heavy atom. The third kappa shape index (κ3) is 3.67. The Labute approximate surface area is 127 Å². The van der Waals surface area contributed by atoms with E-state index in [1.807, 2.05) is 12.1 Å². The summed E-state index contributed by atoms with van der Waals surface area (Å²) in [6, 6.07) is 11.3. The summed E-state index contributed by atoms with van der Waals surface area (Å²) in [5, 5.41) is 27.2. The van der Waals surface area contributed by atoms with Gasteiger partial charge in [0, 0.05) is 16.7 Å². The molecule has 0 aliphatic carbocycles. The van der Waals surface area contributed by atoms with Crippen LogP contribution in [0.25, 0.3) is 0 Å². The number of aliphatic hydroxyl groups is 1. The first-order valence-electron chi connectivity index (χ1n) is 6.39. The summed E-state index contributed by atoms with van der Waals surface area (Å²) in [6.07, 6.45) is 0. The predicted molar refractivity (Wildman–Crippen MR) is 81.5 cm³/mol. The lowest BCUT2D eigenvalue weighted by Crippen LogP contribution is -1.97. The third-order valence-corrected chi connectivity index (χ3v) is 2.80. The number of carbonyl (C=O) groups is 1. The molecule has 0 unspecified atom stereocenters. The monoisotopic (exact) mass is 292 g/mol. The van der Waals surface area contributed by atoms with Gasteiger partial charge in [0.25, 0.3) is 0 Å². The van der Waals surface area contributed by atoms with E-state index in [4.69, 9.17) is 10.2 Å². The van der Waals surface area contributed by atoms with E-state index in [1.165, 1.54) is 18.2 Å². The van der Waals surface area contributed by atoms with Crippen LogP contribution in [0.1, 0.15) is 27.0 Å². The molecule has 0 saturated carbocycles. The quantitative estimate of drug-likeness (QED) is 0.701. The van der Waals surface area contributed by atoms with Gasteiger partial charge in [-0.25, -0.2) is 4.79 Å². The number of benzene rings is 2. The molecule has 2 aromatic rings. The Morgan fingerprint density at radius 2 is 1.68 bits per heavy atom. The lowest BCUT2D eigenvalue weighted by atomic mass is 10.1. The highest BCUT2D eigenvalue weighted by Gasteiger charge is 2.09. The van der Waals surface area contributed by atoms with Crippen molar-refractivity contribution < 1.29 is 20.1 Å². The van der Waals surface area contributed by atoms with Crippen molar-refractivity contribution in [3.05, 3.63) is 64.7 Å². The van der Waals surface area contributed by atoms with E-state index in [2.05, 4.69) is 23.7 Å². The summed E-state index contributed by atoms with van der Waals surface area (Å²) >= 11 is 0. The zero-order valence-electron chi connectivity index (χ0n) is 11.5. The van der Waals surface area contributed by atoms with Crippen LogP contribution in [-0.2, 0) is 0 Å². The fourth-order valence-corrected chi connectivity index (χ4v) is 1.76. The van der Waals surface area contributed by atoms with Crippen molar-refractivity contribution >= 4 is 5.97 Å². The average molecular weight is 292 g/mol. The van der Waals surface area contributed by atoms with Crippen LogP contribution in [0, 0.1) is 23.7 Å². The third-order valence-electron chi connectivity index (χ3n) is 2.80. The Bertz CT molecular complexity index is 829. The van der Waals surface area contributed by atoms with Crippen LogP contribution in [0.3, 0.4) is 0 Å². The van der Waals surface area contributed by atoms with E-state index in [0.717, 1.165) is 0 Å². The van der Waals surface area contributed by atoms with E-state index in [9.17, 15) is 9.90 Å². The number of aliphatic hydroxyl groups excluding tert-OH is 1. The molecule has 2 aromatic carbocycles. The minimum absolute atomic E-state index is 0.194. The molecule has 108 valence electrons. The van der Waals surface area contributed by atoms with E-state index in [0.29, 0.717) is 16.7 Å². The first-order chi connectivity index (χ1) is 10.6. The van der Waals surface area contributed by atoms with Crippen LogP contribution in [0.5, 0.6) is 5.75 Å². The molecule has 4 nitrogen and oxygen atoms in total. The van der Waals surface area contributed by atoms with Gasteiger partial charge in [0.05, 0.1) is 0 Å². The highest BCUT2D eigenvalue weighted by atomic mass is 16.4. The Hall–Kier alpha value is -3.21. The number of hydrogen-bond donors (Lipinski definition) is 3. The molecular formula is C18H12O4. The molecule has 4 heteroatoms. The predicted octanol–water partition coefficient (Wildman–Crippen LogP) is 1.83. The zero-order chi connectivity index (χ0) is 15.9. The number of rotatable bonds is 1. The van der Waals surface area contributed by atoms with Gasteiger partial charge in [-0.15, -0.1) is 0 Å². The summed E-state index contributed by atoms with van der Waals surface area (Å²) in [4.78, 5) is 11.0. The van der Waals surface area contributed by atoms with Crippen molar-refractivity contribution in [1.82, 2.24) is 0 Å². The highest BCUT2D eigenvalue weighted by Crippen LogP contribution is 2.18. The largest absolute Gasteiger partial charge is 0.507 e. The molecule has 0 aromatic heterocycles. The van der Waals surface area contributed by atoms with Crippen LogP contribution >= 0.6 is 0 Å². The topological polar surface area (TPSA) is 77.8 Å². The van der Waals surface area contributed by atoms with Crippen molar-refractivity contribution in [2.45, 2.75) is 0 Å². The molecule has 0 heterocycles. The van der Waals surface area contributed by atoms with Crippen LogP contribution in [0.4, 0.5) is 0 Å². The summed E-state index contributed by atoms with van der Waals surface area (Å²) < 4.78 is 0. The summed E-state index contributed by atoms with van der Waals surface area (Å²) in [6.45, 7) is -0.234. The van der Waals surface area contributed by atoms with E-state index < -0.39 is 5.97 Å². The van der Waals surface area contributed by atoms with Crippen molar-refractivity contribution in [2.24, 2.45) is 0 Å². The second-order valence-corrected chi connectivity index (χ2v) is 4.29. The normalized spacial score (nSPS) is 9.14. The molecule has 2 rings (SSSR count). The minimum Gasteiger partial charge on any atom is -0.507 e. The molecule has 22 heavy (non-hydrogen) atoms. The lowest BCUT2D eigenvalue weighted by Gasteiger charge is -1.99. The van der Waals surface area contributed by atoms with Crippen molar-refractivity contribution in [2.75, 3.05) is 6.61 Å². The van der Waals surface area contributed by atoms with E-state index >= 15 is 0 Å². The molecule has 0 bridgehead atoms. The van der Waals surface area contributed by atoms with Gasteiger partial charge in [0.2, 0.25) is 0 Å². The maximum Gasteiger partial charge on any atom is 0.339 e. The molecule has 3 N–H and O–H groups in total. The maximum atomic E-state index is 11.0. The molecule has 0 amide bonds. The summed E-state index contributed by atoms with van der Waals surface area (Å²) in [5.41, 5.74) is 1.63. The number of phenols is 1. The van der Waals surface area contributed by atoms with Crippen molar-refractivity contribution in [1.29, 1.82) is 0 Å². The lowest BCUT2D eigenvalue weighted by molar-refractivity contribution is 0.0693. The number of carboxylic acid groups (broad SMARTS) is 1. The second-order valence-electron chi connectivity index (χ2n) is 4.29. The molecule has 0 spiro atoms. The number of carboxylic acids is 1. The molecular weight excluding hydrogens is 280 g/mol. The molecule has 0 radical (unpaired) electrons. The van der Waals surface area contributed by atoms with E-state index in [1.54, 1.807) is 12.1 Å². The van der Waals surface area contributed by atoms with Gasteiger partial charge in [0.15, 0.2) is 0 Å². The fourth-order valence-electron chi connectivity index (χ4n) is 1.76. The molecule has 0 fully saturated rings. The van der Waals surface area contributed by atoms with Gasteiger partial charge in [-0.2, -0.15) is 0 Å². The first-order valence-corrected chi connectivity index (χ1v) is 6.39. The van der Waals surface area contributed by atoms with E-state index in [-0.39, 0.29) is 17.9 Å². The molecule has 0 atom stereocenters. The number of aromatic hydroxyl groups is 1. The Balaban J connectivity index is 2.39. The maximum absolute atomic E-state index is 11.0. The van der Waals surface area contributed by atoms with Gasteiger partial charge in [-0.1, -0.05) is 35.8 Å². The first kappa shape index (κ1) is 15.2. The van der Waals surface area contributed by atoms with Crippen LogP contribution in [0.15, 0.2) is 42.5 Å². The highest BCUT2D eigenvalue weighted by molar-refractivity contribution is 5.91. The smallest absolute Gasteiger partial charge is 0.339 e. The fraction of sp³-hybridized carbons (Fsp3) is 0.0556.